The number of hydrogen-bond donors (Lipinski definition) is 0. The van der Waals surface area contributed by atoms with E-state index in [1.165, 1.54) is 33.4 Å². The molecule has 8 aromatic carbocycles. The van der Waals surface area contributed by atoms with Gasteiger partial charge in [0.15, 0.2) is 17.5 Å². The third-order valence-corrected chi connectivity index (χ3v) is 11.1. The molecule has 0 unspecified atom stereocenters. The quantitative estimate of drug-likeness (QED) is 0.173. The van der Waals surface area contributed by atoms with Crippen molar-refractivity contribution in [2.24, 2.45) is 0 Å². The number of fused-ring (bicyclic) bond motifs is 4. The Bertz CT molecular complexity index is 2790. The van der Waals surface area contributed by atoms with Gasteiger partial charge in [-0.2, -0.15) is 0 Å². The predicted octanol–water partition coefficient (Wildman–Crippen LogP) is 13.3. The zero-order valence-electron chi connectivity index (χ0n) is 30.7. The summed E-state index contributed by atoms with van der Waals surface area (Å²) in [6.45, 7) is 4.67. The van der Waals surface area contributed by atoms with Crippen LogP contribution in [-0.4, -0.2) is 15.0 Å². The van der Waals surface area contributed by atoms with Crippen LogP contribution in [0.4, 0.5) is 0 Å². The predicted molar refractivity (Wildman–Crippen MR) is 228 cm³/mol. The van der Waals surface area contributed by atoms with Gasteiger partial charge in [-0.25, -0.2) is 15.0 Å². The summed E-state index contributed by atoms with van der Waals surface area (Å²) in [5, 5.41) is 2.23. The fourth-order valence-electron chi connectivity index (χ4n) is 8.32. The van der Waals surface area contributed by atoms with Crippen molar-refractivity contribution in [2.75, 3.05) is 0 Å². The van der Waals surface area contributed by atoms with E-state index in [9.17, 15) is 0 Å². The van der Waals surface area contributed by atoms with Crippen molar-refractivity contribution >= 4 is 10.8 Å². The van der Waals surface area contributed by atoms with Gasteiger partial charge in [0.1, 0.15) is 0 Å². The van der Waals surface area contributed by atoms with E-state index in [4.69, 9.17) is 15.0 Å². The van der Waals surface area contributed by atoms with Gasteiger partial charge in [0.25, 0.3) is 0 Å². The molecule has 0 bridgehead atoms. The van der Waals surface area contributed by atoms with Crippen molar-refractivity contribution in [2.45, 2.75) is 19.3 Å². The molecular formula is C52H37N3. The molecule has 0 atom stereocenters. The van der Waals surface area contributed by atoms with Gasteiger partial charge in [-0.15, -0.1) is 0 Å². The van der Waals surface area contributed by atoms with Gasteiger partial charge >= 0.3 is 0 Å². The number of benzene rings is 8. The van der Waals surface area contributed by atoms with E-state index in [1.54, 1.807) is 0 Å². The molecular weight excluding hydrogens is 667 g/mol. The Kier molecular flexibility index (Phi) is 7.81. The first kappa shape index (κ1) is 32.7. The van der Waals surface area contributed by atoms with Crippen LogP contribution in [0.5, 0.6) is 0 Å². The van der Waals surface area contributed by atoms with E-state index in [2.05, 4.69) is 190 Å². The van der Waals surface area contributed by atoms with Gasteiger partial charge in [0.2, 0.25) is 0 Å². The Morgan fingerprint density at radius 2 is 0.818 bits per heavy atom. The largest absolute Gasteiger partial charge is 0.208 e. The Hall–Kier alpha value is -6.97. The van der Waals surface area contributed by atoms with Gasteiger partial charge in [-0.1, -0.05) is 184 Å². The van der Waals surface area contributed by atoms with E-state index in [1.807, 2.05) is 12.1 Å². The van der Waals surface area contributed by atoms with Crippen LogP contribution in [0.3, 0.4) is 0 Å². The molecule has 0 saturated carbocycles. The summed E-state index contributed by atoms with van der Waals surface area (Å²) in [6.07, 6.45) is 0. The van der Waals surface area contributed by atoms with Crippen molar-refractivity contribution in [3.8, 4) is 78.7 Å². The number of nitrogens with zero attached hydrogens (tertiary/aromatic N) is 3. The highest BCUT2D eigenvalue weighted by molar-refractivity contribution is 6.00. The molecule has 1 aromatic heterocycles. The summed E-state index contributed by atoms with van der Waals surface area (Å²) in [6, 6.07) is 66.7. The molecule has 0 aliphatic heterocycles. The highest BCUT2D eigenvalue weighted by Gasteiger charge is 2.36. The lowest BCUT2D eigenvalue weighted by molar-refractivity contribution is 0.660. The maximum Gasteiger partial charge on any atom is 0.164 e. The maximum absolute atomic E-state index is 5.25. The van der Waals surface area contributed by atoms with Crippen LogP contribution in [0.25, 0.3) is 89.4 Å². The van der Waals surface area contributed by atoms with Gasteiger partial charge in [-0.3, -0.25) is 0 Å². The van der Waals surface area contributed by atoms with Crippen molar-refractivity contribution < 1.29 is 0 Å². The topological polar surface area (TPSA) is 38.7 Å². The number of aromatic nitrogens is 3. The second kappa shape index (κ2) is 13.2. The van der Waals surface area contributed by atoms with Crippen LogP contribution in [0.1, 0.15) is 25.0 Å². The highest BCUT2D eigenvalue weighted by Crippen LogP contribution is 2.52. The Morgan fingerprint density at radius 3 is 1.49 bits per heavy atom. The number of hydrogen-bond acceptors (Lipinski definition) is 3. The fraction of sp³-hybridized carbons (Fsp3) is 0.0577. The third kappa shape index (κ3) is 5.73. The fourth-order valence-corrected chi connectivity index (χ4v) is 8.32. The zero-order valence-corrected chi connectivity index (χ0v) is 30.7. The normalized spacial score (nSPS) is 12.7. The van der Waals surface area contributed by atoms with Crippen LogP contribution < -0.4 is 0 Å². The molecule has 9 aromatic rings. The minimum absolute atomic E-state index is 0.0722. The van der Waals surface area contributed by atoms with E-state index < -0.39 is 0 Å². The molecule has 55 heavy (non-hydrogen) atoms. The molecule has 1 aliphatic carbocycles. The summed E-state index contributed by atoms with van der Waals surface area (Å²) in [5.74, 6) is 1.91. The zero-order chi connectivity index (χ0) is 36.9. The number of rotatable bonds is 6. The molecule has 1 aliphatic rings. The summed E-state index contributed by atoms with van der Waals surface area (Å²) < 4.78 is 0. The molecule has 10 rings (SSSR count). The Balaban J connectivity index is 1.16. The average Bonchev–Trinajstić information content (AvgIpc) is 3.49. The summed E-state index contributed by atoms with van der Waals surface area (Å²) in [5.41, 5.74) is 15.1. The van der Waals surface area contributed by atoms with Gasteiger partial charge < -0.3 is 0 Å². The van der Waals surface area contributed by atoms with E-state index >= 15 is 0 Å². The summed E-state index contributed by atoms with van der Waals surface area (Å²) in [4.78, 5) is 15.7. The molecule has 0 N–H and O–H groups in total. The lowest BCUT2D eigenvalue weighted by Gasteiger charge is -2.21. The molecule has 0 saturated heterocycles. The van der Waals surface area contributed by atoms with Crippen molar-refractivity contribution in [1.82, 2.24) is 15.0 Å². The SMILES string of the molecule is CC1(C)c2ccccc2-c2c(-c3ccc4cccc(-c5nc(-c6cccc(-c7ccccc7)c6)nc(-c6cccc(-c7ccccc7)c6)n5)c4c3)cccc21. The van der Waals surface area contributed by atoms with E-state index in [0.29, 0.717) is 17.5 Å². The minimum Gasteiger partial charge on any atom is -0.208 e. The molecule has 0 spiro atoms. The van der Waals surface area contributed by atoms with Crippen molar-refractivity contribution in [3.05, 3.63) is 199 Å². The van der Waals surface area contributed by atoms with Gasteiger partial charge in [-0.05, 0) is 84.6 Å². The molecule has 1 heterocycles. The smallest absolute Gasteiger partial charge is 0.164 e. The molecule has 0 amide bonds. The lowest BCUT2D eigenvalue weighted by atomic mass is 9.82. The van der Waals surface area contributed by atoms with Crippen molar-refractivity contribution in [1.29, 1.82) is 0 Å². The lowest BCUT2D eigenvalue weighted by Crippen LogP contribution is -2.14. The summed E-state index contributed by atoms with van der Waals surface area (Å²) >= 11 is 0. The molecule has 3 heteroatoms. The van der Waals surface area contributed by atoms with Crippen molar-refractivity contribution in [3.63, 3.8) is 0 Å². The van der Waals surface area contributed by atoms with Crippen LogP contribution in [-0.2, 0) is 5.41 Å². The summed E-state index contributed by atoms with van der Waals surface area (Å²) in [7, 11) is 0. The first-order valence-electron chi connectivity index (χ1n) is 18.9. The maximum atomic E-state index is 5.25. The average molecular weight is 704 g/mol. The van der Waals surface area contributed by atoms with Gasteiger partial charge in [0, 0.05) is 22.1 Å². The molecule has 3 nitrogen and oxygen atoms in total. The Labute approximate surface area is 321 Å². The second-order valence-corrected chi connectivity index (χ2v) is 14.8. The monoisotopic (exact) mass is 703 g/mol. The van der Waals surface area contributed by atoms with Crippen LogP contribution in [0, 0.1) is 0 Å². The van der Waals surface area contributed by atoms with Crippen LogP contribution >= 0.6 is 0 Å². The van der Waals surface area contributed by atoms with Gasteiger partial charge in [0.05, 0.1) is 0 Å². The minimum atomic E-state index is -0.0722. The standard InChI is InChI=1S/C52H37N3/c1-52(2)46-27-10-9-24-44(46)48-42(25-14-28-47(48)52)39-30-29-36-19-13-26-43(45(36)33-39)51-54-49(40-22-11-20-37(31-40)34-15-5-3-6-16-34)53-50(55-51)41-23-12-21-38(32-41)35-17-7-4-8-18-35/h3-33H,1-2H3. The van der Waals surface area contributed by atoms with Crippen LogP contribution in [0.2, 0.25) is 0 Å². The Morgan fingerprint density at radius 1 is 0.327 bits per heavy atom. The molecule has 0 fully saturated rings. The van der Waals surface area contributed by atoms with E-state index in [-0.39, 0.29) is 5.41 Å². The van der Waals surface area contributed by atoms with Crippen LogP contribution in [0.15, 0.2) is 188 Å². The molecule has 0 radical (unpaired) electrons. The second-order valence-electron chi connectivity index (χ2n) is 14.8. The third-order valence-electron chi connectivity index (χ3n) is 11.1. The highest BCUT2D eigenvalue weighted by atomic mass is 15.0. The molecule has 260 valence electrons. The first-order chi connectivity index (χ1) is 27.0. The van der Waals surface area contributed by atoms with E-state index in [0.717, 1.165) is 49.7 Å². The first-order valence-corrected chi connectivity index (χ1v) is 18.9.